The molecule has 2 heterocycles. The van der Waals surface area contributed by atoms with Crippen LogP contribution >= 0.6 is 0 Å². The Morgan fingerprint density at radius 3 is 2.64 bits per heavy atom. The van der Waals surface area contributed by atoms with Crippen molar-refractivity contribution in [3.05, 3.63) is 72.2 Å². The summed E-state index contributed by atoms with van der Waals surface area (Å²) >= 11 is 0. The van der Waals surface area contributed by atoms with Crippen molar-refractivity contribution in [1.82, 2.24) is 14.5 Å². The van der Waals surface area contributed by atoms with Crippen LogP contribution in [-0.2, 0) is 6.54 Å². The fourth-order valence-electron chi connectivity index (χ4n) is 2.20. The first-order chi connectivity index (χ1) is 10.6. The van der Waals surface area contributed by atoms with E-state index in [9.17, 15) is 13.9 Å². The van der Waals surface area contributed by atoms with E-state index >= 15 is 0 Å². The molecule has 4 nitrogen and oxygen atoms in total. The maximum absolute atomic E-state index is 13.2. The number of hydrogen-bond acceptors (Lipinski definition) is 3. The van der Waals surface area contributed by atoms with Crippen molar-refractivity contribution < 1.29 is 13.9 Å². The van der Waals surface area contributed by atoms with E-state index in [1.807, 2.05) is 12.1 Å². The van der Waals surface area contributed by atoms with Crippen LogP contribution in [0.15, 0.2) is 55.0 Å². The Morgan fingerprint density at radius 1 is 1.05 bits per heavy atom. The first kappa shape index (κ1) is 14.3. The van der Waals surface area contributed by atoms with Crippen molar-refractivity contribution in [3.8, 4) is 11.5 Å². The molecule has 1 aromatic carbocycles. The van der Waals surface area contributed by atoms with Crippen LogP contribution in [-0.4, -0.2) is 19.6 Å². The van der Waals surface area contributed by atoms with Crippen molar-refractivity contribution in [1.29, 1.82) is 0 Å². The lowest BCUT2D eigenvalue weighted by Crippen LogP contribution is -2.10. The van der Waals surface area contributed by atoms with Crippen LogP contribution in [0.25, 0.3) is 11.5 Å². The summed E-state index contributed by atoms with van der Waals surface area (Å²) in [4.78, 5) is 8.43. The number of rotatable bonds is 4. The topological polar surface area (TPSA) is 50.9 Å². The number of halogens is 2. The van der Waals surface area contributed by atoms with Crippen LogP contribution in [0, 0.1) is 11.6 Å². The van der Waals surface area contributed by atoms with E-state index in [2.05, 4.69) is 9.97 Å². The molecule has 22 heavy (non-hydrogen) atoms. The van der Waals surface area contributed by atoms with Crippen LogP contribution in [0.3, 0.4) is 0 Å². The second kappa shape index (κ2) is 6.03. The lowest BCUT2D eigenvalue weighted by molar-refractivity contribution is 0.156. The monoisotopic (exact) mass is 301 g/mol. The molecule has 0 aliphatic rings. The van der Waals surface area contributed by atoms with E-state index in [0.717, 1.165) is 12.1 Å². The summed E-state index contributed by atoms with van der Waals surface area (Å²) in [5.41, 5.74) is 0.976. The number of aromatic nitrogens is 3. The van der Waals surface area contributed by atoms with Gasteiger partial charge in [-0.1, -0.05) is 12.1 Å². The average Bonchev–Trinajstić information content (AvgIpc) is 2.99. The van der Waals surface area contributed by atoms with Gasteiger partial charge in [0.25, 0.3) is 0 Å². The largest absolute Gasteiger partial charge is 0.387 e. The maximum Gasteiger partial charge on any atom is 0.159 e. The van der Waals surface area contributed by atoms with Gasteiger partial charge in [0, 0.05) is 18.6 Å². The number of hydrogen-bond donors (Lipinski definition) is 1. The third-order valence-corrected chi connectivity index (χ3v) is 3.31. The van der Waals surface area contributed by atoms with E-state index in [0.29, 0.717) is 17.1 Å². The molecule has 6 heteroatoms. The third kappa shape index (κ3) is 2.87. The van der Waals surface area contributed by atoms with Crippen LogP contribution in [0.4, 0.5) is 8.78 Å². The Balaban J connectivity index is 1.85. The highest BCUT2D eigenvalue weighted by Gasteiger charge is 2.14. The van der Waals surface area contributed by atoms with Crippen LogP contribution in [0.5, 0.6) is 0 Å². The van der Waals surface area contributed by atoms with Gasteiger partial charge in [0.05, 0.1) is 12.6 Å². The summed E-state index contributed by atoms with van der Waals surface area (Å²) in [7, 11) is 0. The van der Waals surface area contributed by atoms with E-state index in [1.54, 1.807) is 29.2 Å². The SMILES string of the molecule is OC(Cn1ccnc1-c1ccccn1)c1ccc(F)c(F)c1. The molecule has 0 fully saturated rings. The summed E-state index contributed by atoms with van der Waals surface area (Å²) in [5.74, 6) is -1.32. The number of aliphatic hydroxyl groups is 1. The molecule has 112 valence electrons. The van der Waals surface area contributed by atoms with Crippen molar-refractivity contribution in [2.45, 2.75) is 12.6 Å². The van der Waals surface area contributed by atoms with Gasteiger partial charge in [0.1, 0.15) is 5.69 Å². The van der Waals surface area contributed by atoms with Gasteiger partial charge in [0.15, 0.2) is 17.5 Å². The molecule has 3 rings (SSSR count). The smallest absolute Gasteiger partial charge is 0.159 e. The van der Waals surface area contributed by atoms with E-state index in [-0.39, 0.29) is 6.54 Å². The lowest BCUT2D eigenvalue weighted by Gasteiger charge is -2.14. The Morgan fingerprint density at radius 2 is 1.91 bits per heavy atom. The van der Waals surface area contributed by atoms with Gasteiger partial charge in [-0.2, -0.15) is 0 Å². The Hall–Kier alpha value is -2.60. The second-order valence-electron chi connectivity index (χ2n) is 4.81. The maximum atomic E-state index is 13.2. The zero-order valence-electron chi connectivity index (χ0n) is 11.5. The predicted molar refractivity (Wildman–Crippen MR) is 76.8 cm³/mol. The summed E-state index contributed by atoms with van der Waals surface area (Å²) in [6, 6.07) is 8.81. The predicted octanol–water partition coefficient (Wildman–Crippen LogP) is 2.96. The number of imidazole rings is 1. The first-order valence-electron chi connectivity index (χ1n) is 6.70. The highest BCUT2D eigenvalue weighted by atomic mass is 19.2. The fourth-order valence-corrected chi connectivity index (χ4v) is 2.20. The van der Waals surface area contributed by atoms with Crippen molar-refractivity contribution >= 4 is 0 Å². The quantitative estimate of drug-likeness (QED) is 0.806. The molecule has 0 aliphatic carbocycles. The lowest BCUT2D eigenvalue weighted by atomic mass is 10.1. The Kier molecular flexibility index (Phi) is 3.93. The Labute approximate surface area is 125 Å². The number of nitrogens with zero attached hydrogens (tertiary/aromatic N) is 3. The average molecular weight is 301 g/mol. The molecule has 1 N–H and O–H groups in total. The molecular weight excluding hydrogens is 288 g/mol. The van der Waals surface area contributed by atoms with E-state index < -0.39 is 17.7 Å². The molecule has 0 saturated heterocycles. The minimum Gasteiger partial charge on any atom is -0.387 e. The van der Waals surface area contributed by atoms with Crippen LogP contribution in [0.2, 0.25) is 0 Å². The van der Waals surface area contributed by atoms with Gasteiger partial charge < -0.3 is 9.67 Å². The molecule has 1 unspecified atom stereocenters. The molecule has 0 radical (unpaired) electrons. The zero-order valence-corrected chi connectivity index (χ0v) is 11.5. The van der Waals surface area contributed by atoms with E-state index in [4.69, 9.17) is 0 Å². The molecular formula is C16H13F2N3O. The van der Waals surface area contributed by atoms with Crippen molar-refractivity contribution in [2.75, 3.05) is 0 Å². The van der Waals surface area contributed by atoms with Gasteiger partial charge in [-0.05, 0) is 29.8 Å². The van der Waals surface area contributed by atoms with Crippen molar-refractivity contribution in [3.63, 3.8) is 0 Å². The Bertz CT molecular complexity index is 774. The molecule has 3 aromatic rings. The molecule has 0 amide bonds. The molecule has 0 saturated carbocycles. The van der Waals surface area contributed by atoms with Gasteiger partial charge in [-0.15, -0.1) is 0 Å². The summed E-state index contributed by atoms with van der Waals surface area (Å²) in [6.45, 7) is 0.164. The molecule has 2 aromatic heterocycles. The van der Waals surface area contributed by atoms with Crippen LogP contribution in [0.1, 0.15) is 11.7 Å². The molecule has 0 aliphatic heterocycles. The second-order valence-corrected chi connectivity index (χ2v) is 4.81. The van der Waals surface area contributed by atoms with Gasteiger partial charge >= 0.3 is 0 Å². The summed E-state index contributed by atoms with van der Waals surface area (Å²) < 4.78 is 27.9. The van der Waals surface area contributed by atoms with Crippen molar-refractivity contribution in [2.24, 2.45) is 0 Å². The summed E-state index contributed by atoms with van der Waals surface area (Å²) in [6.07, 6.45) is 3.97. The number of pyridine rings is 1. The van der Waals surface area contributed by atoms with E-state index in [1.165, 1.54) is 6.07 Å². The fraction of sp³-hybridized carbons (Fsp3) is 0.125. The van der Waals surface area contributed by atoms with Gasteiger partial charge in [-0.3, -0.25) is 4.98 Å². The first-order valence-corrected chi connectivity index (χ1v) is 6.70. The highest BCUT2D eigenvalue weighted by Crippen LogP contribution is 2.21. The minimum atomic E-state index is -0.980. The van der Waals surface area contributed by atoms with Gasteiger partial charge in [-0.25, -0.2) is 13.8 Å². The third-order valence-electron chi connectivity index (χ3n) is 3.31. The minimum absolute atomic E-state index is 0.164. The number of aliphatic hydroxyl groups excluding tert-OH is 1. The highest BCUT2D eigenvalue weighted by molar-refractivity contribution is 5.49. The molecule has 1 atom stereocenters. The standard InChI is InChI=1S/C16H13F2N3O/c17-12-5-4-11(9-13(12)18)15(22)10-21-8-7-20-16(21)14-3-1-2-6-19-14/h1-9,15,22H,10H2. The molecule has 0 bridgehead atoms. The zero-order chi connectivity index (χ0) is 15.5. The van der Waals surface area contributed by atoms with Crippen LogP contribution < -0.4 is 0 Å². The normalized spacial score (nSPS) is 12.3. The number of benzene rings is 1. The van der Waals surface area contributed by atoms with Gasteiger partial charge in [0.2, 0.25) is 0 Å². The summed E-state index contributed by atoms with van der Waals surface area (Å²) in [5, 5.41) is 10.2. The molecule has 0 spiro atoms.